The number of likely N-dealkylation sites (tertiary alicyclic amines) is 1. The van der Waals surface area contributed by atoms with Crippen molar-refractivity contribution in [3.8, 4) is 6.07 Å². The van der Waals surface area contributed by atoms with Gasteiger partial charge in [-0.25, -0.2) is 4.98 Å². The molecule has 7 heteroatoms. The fourth-order valence-corrected chi connectivity index (χ4v) is 2.57. The number of anilines is 1. The van der Waals surface area contributed by atoms with Gasteiger partial charge in [-0.3, -0.25) is 4.79 Å². The molecule has 2 rings (SSSR count). The van der Waals surface area contributed by atoms with E-state index in [9.17, 15) is 4.79 Å². The number of nitriles is 1. The number of nitrogens with zero attached hydrogens (tertiary/aromatic N) is 3. The molecule has 2 N–H and O–H groups in total. The first kappa shape index (κ1) is 16.0. The van der Waals surface area contributed by atoms with Crippen LogP contribution in [0.15, 0.2) is 18.3 Å². The lowest BCUT2D eigenvalue weighted by molar-refractivity contribution is -0.130. The molecule has 1 aliphatic rings. The van der Waals surface area contributed by atoms with Crippen molar-refractivity contribution in [3.05, 3.63) is 21.9 Å². The predicted octanol–water partition coefficient (Wildman–Crippen LogP) is 1.20. The van der Waals surface area contributed by atoms with E-state index in [2.05, 4.69) is 44.3 Å². The summed E-state index contributed by atoms with van der Waals surface area (Å²) >= 11 is 2.21. The van der Waals surface area contributed by atoms with Gasteiger partial charge in [0.25, 0.3) is 0 Å². The summed E-state index contributed by atoms with van der Waals surface area (Å²) in [5.41, 5.74) is 0. The molecule has 0 bridgehead atoms. The van der Waals surface area contributed by atoms with Gasteiger partial charge in [-0.05, 0) is 47.6 Å². The lowest BCUT2D eigenvalue weighted by Crippen LogP contribution is -2.41. The highest BCUT2D eigenvalue weighted by molar-refractivity contribution is 14.1. The number of hydrogen-bond donors (Lipinski definition) is 2. The summed E-state index contributed by atoms with van der Waals surface area (Å²) in [6.45, 7) is 2.34. The van der Waals surface area contributed by atoms with Crippen LogP contribution in [-0.2, 0) is 4.79 Å². The van der Waals surface area contributed by atoms with Crippen molar-refractivity contribution in [3.63, 3.8) is 0 Å². The number of carbonyl (C=O) groups excluding carboxylic acids is 1. The summed E-state index contributed by atoms with van der Waals surface area (Å²) in [7, 11) is 0. The second kappa shape index (κ2) is 8.14. The van der Waals surface area contributed by atoms with Crippen molar-refractivity contribution in [2.24, 2.45) is 0 Å². The van der Waals surface area contributed by atoms with Gasteiger partial charge >= 0.3 is 0 Å². The molecule has 1 saturated heterocycles. The molecule has 0 aromatic carbocycles. The van der Waals surface area contributed by atoms with Gasteiger partial charge in [-0.15, -0.1) is 0 Å². The second-order valence-electron chi connectivity index (χ2n) is 4.84. The Hall–Kier alpha value is -1.40. The van der Waals surface area contributed by atoms with Crippen molar-refractivity contribution in [2.45, 2.75) is 18.9 Å². The smallest absolute Gasteiger partial charge is 0.237 e. The molecule has 1 aliphatic heterocycles. The van der Waals surface area contributed by atoms with Crippen LogP contribution in [0.3, 0.4) is 0 Å². The fourth-order valence-electron chi connectivity index (χ4n) is 2.26. The Morgan fingerprint density at radius 2 is 2.38 bits per heavy atom. The van der Waals surface area contributed by atoms with Crippen LogP contribution in [-0.4, -0.2) is 48.0 Å². The molecule has 112 valence electrons. The molecular weight excluding hydrogens is 381 g/mol. The van der Waals surface area contributed by atoms with Gasteiger partial charge in [-0.2, -0.15) is 5.26 Å². The fraction of sp³-hybridized carbons (Fsp3) is 0.500. The number of carbonyl (C=O) groups is 1. The van der Waals surface area contributed by atoms with Gasteiger partial charge in [0.05, 0.1) is 12.6 Å². The highest BCUT2D eigenvalue weighted by atomic mass is 127. The molecule has 0 aliphatic carbocycles. The summed E-state index contributed by atoms with van der Waals surface area (Å²) in [4.78, 5) is 17.9. The number of nitrogens with one attached hydrogen (secondary N) is 2. The van der Waals surface area contributed by atoms with Crippen LogP contribution < -0.4 is 10.6 Å². The minimum absolute atomic E-state index is 0.00596. The van der Waals surface area contributed by atoms with Gasteiger partial charge < -0.3 is 15.5 Å². The van der Waals surface area contributed by atoms with E-state index < -0.39 is 0 Å². The maximum atomic E-state index is 12.0. The molecule has 0 radical (unpaired) electrons. The third kappa shape index (κ3) is 4.82. The predicted molar refractivity (Wildman–Crippen MR) is 88.7 cm³/mol. The molecule has 0 saturated carbocycles. The summed E-state index contributed by atoms with van der Waals surface area (Å²) in [6, 6.07) is 5.85. The van der Waals surface area contributed by atoms with Crippen LogP contribution in [0.1, 0.15) is 12.8 Å². The Balaban J connectivity index is 1.62. The Morgan fingerprint density at radius 3 is 3.10 bits per heavy atom. The first-order chi connectivity index (χ1) is 10.2. The molecule has 21 heavy (non-hydrogen) atoms. The van der Waals surface area contributed by atoms with E-state index in [-0.39, 0.29) is 18.5 Å². The SMILES string of the molecule is N#C[C@@H]1CCCN1C(=O)CNCCNc1ccc(I)cn1. The monoisotopic (exact) mass is 399 g/mol. The third-order valence-corrected chi connectivity index (χ3v) is 3.97. The lowest BCUT2D eigenvalue weighted by atomic mass is 10.2. The topological polar surface area (TPSA) is 81.0 Å². The minimum Gasteiger partial charge on any atom is -0.369 e. The van der Waals surface area contributed by atoms with Crippen LogP contribution in [0, 0.1) is 14.9 Å². The van der Waals surface area contributed by atoms with Gasteiger partial charge in [-0.1, -0.05) is 0 Å². The normalized spacial score (nSPS) is 17.5. The summed E-state index contributed by atoms with van der Waals surface area (Å²) in [5, 5.41) is 15.2. The Morgan fingerprint density at radius 1 is 1.52 bits per heavy atom. The highest BCUT2D eigenvalue weighted by Gasteiger charge is 2.27. The van der Waals surface area contributed by atoms with Gasteiger partial charge in [0, 0.05) is 29.4 Å². The highest BCUT2D eigenvalue weighted by Crippen LogP contribution is 2.15. The van der Waals surface area contributed by atoms with Gasteiger partial charge in [0.15, 0.2) is 0 Å². The van der Waals surface area contributed by atoms with Crippen molar-refractivity contribution < 1.29 is 4.79 Å². The zero-order valence-corrected chi connectivity index (χ0v) is 13.8. The standard InChI is InChI=1S/C14H18IN5O/c15-11-3-4-13(19-9-11)18-6-5-17-10-14(21)20-7-1-2-12(20)8-16/h3-4,9,12,17H,1-2,5-7,10H2,(H,18,19)/t12-/m0/s1. The van der Waals surface area contributed by atoms with Gasteiger partial charge in [0.2, 0.25) is 5.91 Å². The summed E-state index contributed by atoms with van der Waals surface area (Å²) in [6.07, 6.45) is 3.52. The average Bonchev–Trinajstić information content (AvgIpc) is 2.97. The van der Waals surface area contributed by atoms with E-state index in [4.69, 9.17) is 5.26 Å². The first-order valence-electron chi connectivity index (χ1n) is 6.96. The molecule has 1 fully saturated rings. The molecule has 1 atom stereocenters. The number of halogens is 1. The number of pyridine rings is 1. The van der Waals surface area contributed by atoms with E-state index in [0.29, 0.717) is 19.6 Å². The van der Waals surface area contributed by atoms with Crippen molar-refractivity contribution >= 4 is 34.3 Å². The van der Waals surface area contributed by atoms with Crippen molar-refractivity contribution in [2.75, 3.05) is 31.5 Å². The minimum atomic E-state index is -0.242. The van der Waals surface area contributed by atoms with Crippen LogP contribution in [0.4, 0.5) is 5.82 Å². The van der Waals surface area contributed by atoms with E-state index in [1.807, 2.05) is 12.1 Å². The third-order valence-electron chi connectivity index (χ3n) is 3.33. The molecule has 1 amide bonds. The molecule has 1 aromatic heterocycles. The second-order valence-corrected chi connectivity index (χ2v) is 6.09. The van der Waals surface area contributed by atoms with E-state index in [0.717, 1.165) is 22.2 Å². The summed E-state index contributed by atoms with van der Waals surface area (Å²) < 4.78 is 1.10. The number of aromatic nitrogens is 1. The van der Waals surface area contributed by atoms with E-state index >= 15 is 0 Å². The lowest BCUT2D eigenvalue weighted by Gasteiger charge is -2.19. The zero-order chi connectivity index (χ0) is 15.1. The Bertz CT molecular complexity index is 513. The maximum Gasteiger partial charge on any atom is 0.237 e. The Labute approximate surface area is 138 Å². The van der Waals surface area contributed by atoms with Crippen LogP contribution in [0.5, 0.6) is 0 Å². The zero-order valence-electron chi connectivity index (χ0n) is 11.7. The van der Waals surface area contributed by atoms with Crippen LogP contribution in [0.25, 0.3) is 0 Å². The number of rotatable bonds is 6. The largest absolute Gasteiger partial charge is 0.369 e. The van der Waals surface area contributed by atoms with E-state index in [1.165, 1.54) is 0 Å². The molecule has 0 unspecified atom stereocenters. The van der Waals surface area contributed by atoms with Crippen LogP contribution in [0.2, 0.25) is 0 Å². The number of hydrogen-bond acceptors (Lipinski definition) is 5. The maximum absolute atomic E-state index is 12.0. The van der Waals surface area contributed by atoms with Crippen molar-refractivity contribution in [1.29, 1.82) is 5.26 Å². The van der Waals surface area contributed by atoms with Gasteiger partial charge in [0.1, 0.15) is 11.9 Å². The quantitative estimate of drug-likeness (QED) is 0.555. The van der Waals surface area contributed by atoms with Crippen LogP contribution >= 0.6 is 22.6 Å². The summed E-state index contributed by atoms with van der Waals surface area (Å²) in [5.74, 6) is 0.832. The molecule has 1 aromatic rings. The van der Waals surface area contributed by atoms with Crippen molar-refractivity contribution in [1.82, 2.24) is 15.2 Å². The number of amides is 1. The molecule has 6 nitrogen and oxygen atoms in total. The molecule has 2 heterocycles. The molecular formula is C14H18IN5O. The Kier molecular flexibility index (Phi) is 6.20. The first-order valence-corrected chi connectivity index (χ1v) is 8.04. The average molecular weight is 399 g/mol. The molecule has 0 spiro atoms. The van der Waals surface area contributed by atoms with E-state index in [1.54, 1.807) is 11.1 Å².